The molecule has 2 heteroatoms. The third kappa shape index (κ3) is 6.31. The molecule has 0 spiro atoms. The Kier molecular flexibility index (Phi) is 2.69. The van der Waals surface area contributed by atoms with Crippen LogP contribution in [0.1, 0.15) is 0 Å². The van der Waals surface area contributed by atoms with Crippen molar-refractivity contribution < 1.29 is 4.18 Å². The maximum absolute atomic E-state index is 5.20. The monoisotopic (exact) mass is 121 g/mol. The summed E-state index contributed by atoms with van der Waals surface area (Å²) in [7, 11) is -0.737. The van der Waals surface area contributed by atoms with Crippen LogP contribution in [-0.2, 0) is 4.18 Å². The average Bonchev–Trinajstić information content (AvgIpc) is 1.30. The van der Waals surface area contributed by atoms with Crippen LogP contribution in [0.25, 0.3) is 0 Å². The molecule has 7 heavy (non-hydrogen) atoms. The second kappa shape index (κ2) is 2.58. The Labute approximate surface area is 47.6 Å². The van der Waals surface area contributed by atoms with Gasteiger partial charge in [0.05, 0.1) is 6.61 Å². The van der Waals surface area contributed by atoms with Gasteiger partial charge in [0.15, 0.2) is 0 Å². The molecule has 0 amide bonds. The van der Waals surface area contributed by atoms with Crippen molar-refractivity contribution in [2.75, 3.05) is 25.4 Å². The second-order valence-corrected chi connectivity index (χ2v) is 5.73. The lowest BCUT2D eigenvalue weighted by atomic mass is 10.9. The normalized spacial score (nSPS) is 14.3. The van der Waals surface area contributed by atoms with E-state index in [4.69, 9.17) is 4.18 Å². The fourth-order valence-corrected chi connectivity index (χ4v) is 0.750. The van der Waals surface area contributed by atoms with Crippen LogP contribution < -0.4 is 0 Å². The van der Waals surface area contributed by atoms with Crippen molar-refractivity contribution in [1.82, 2.24) is 0 Å². The van der Waals surface area contributed by atoms with Crippen LogP contribution in [0, 0.1) is 6.92 Å². The first-order valence-electron chi connectivity index (χ1n) is 2.18. The predicted molar refractivity (Wildman–Crippen MR) is 36.7 cm³/mol. The van der Waals surface area contributed by atoms with Gasteiger partial charge in [0.1, 0.15) is 0 Å². The van der Waals surface area contributed by atoms with Crippen LogP contribution in [0.15, 0.2) is 0 Å². The Hall–Kier alpha value is 0.310. The van der Waals surface area contributed by atoms with Crippen LogP contribution >= 0.6 is 10.3 Å². The van der Waals surface area contributed by atoms with Gasteiger partial charge in [-0.05, 0) is 25.7 Å². The second-order valence-electron chi connectivity index (χ2n) is 2.05. The van der Waals surface area contributed by atoms with Crippen molar-refractivity contribution in [3.05, 3.63) is 6.92 Å². The summed E-state index contributed by atoms with van der Waals surface area (Å²) in [5, 5.41) is 0. The lowest BCUT2D eigenvalue weighted by molar-refractivity contribution is 0.413. The Balaban J connectivity index is 3.15. The van der Waals surface area contributed by atoms with Gasteiger partial charge < -0.3 is 4.18 Å². The highest BCUT2D eigenvalue weighted by Gasteiger charge is 1.98. The zero-order valence-corrected chi connectivity index (χ0v) is 6.05. The van der Waals surface area contributed by atoms with Gasteiger partial charge in [-0.25, -0.2) is 0 Å². The zero-order chi connectivity index (χ0) is 5.91. The van der Waals surface area contributed by atoms with Crippen LogP contribution in [0.4, 0.5) is 0 Å². The van der Waals surface area contributed by atoms with Crippen molar-refractivity contribution in [3.8, 4) is 0 Å². The molecule has 0 unspecified atom stereocenters. The molecule has 0 aromatic rings. The van der Waals surface area contributed by atoms with E-state index in [0.29, 0.717) is 6.61 Å². The molecule has 1 nitrogen and oxygen atoms in total. The molecule has 0 aromatic carbocycles. The van der Waals surface area contributed by atoms with Crippen molar-refractivity contribution in [3.63, 3.8) is 0 Å². The summed E-state index contributed by atoms with van der Waals surface area (Å²) in [6.07, 6.45) is 6.29. The van der Waals surface area contributed by atoms with Crippen molar-refractivity contribution in [2.24, 2.45) is 0 Å². The van der Waals surface area contributed by atoms with E-state index in [-0.39, 0.29) is 0 Å². The van der Waals surface area contributed by atoms with Crippen molar-refractivity contribution in [2.45, 2.75) is 0 Å². The molecule has 0 saturated carbocycles. The van der Waals surface area contributed by atoms with Crippen molar-refractivity contribution >= 4 is 10.3 Å². The maximum atomic E-state index is 5.20. The first-order valence-corrected chi connectivity index (χ1v) is 4.96. The molecule has 0 fully saturated rings. The Morgan fingerprint density at radius 3 is 1.86 bits per heavy atom. The standard InChI is InChI=1S/C5H13OS/c1-5-6-7(2,3)4/h1,5H2,2-4H3. The van der Waals surface area contributed by atoms with E-state index in [0.717, 1.165) is 0 Å². The SMILES string of the molecule is [CH2]COS(C)(C)C. The largest absolute Gasteiger partial charge is 0.337 e. The lowest BCUT2D eigenvalue weighted by Gasteiger charge is -2.23. The summed E-state index contributed by atoms with van der Waals surface area (Å²) in [5.74, 6) is 0. The summed E-state index contributed by atoms with van der Waals surface area (Å²) < 4.78 is 5.20. The topological polar surface area (TPSA) is 9.23 Å². The molecule has 0 aromatic heterocycles. The van der Waals surface area contributed by atoms with Gasteiger partial charge in [0.2, 0.25) is 0 Å². The minimum Gasteiger partial charge on any atom is -0.337 e. The van der Waals surface area contributed by atoms with Gasteiger partial charge in [-0.2, -0.15) is 0 Å². The molecule has 0 bridgehead atoms. The Morgan fingerprint density at radius 2 is 1.86 bits per heavy atom. The fraction of sp³-hybridized carbons (Fsp3) is 0.800. The molecular formula is C5H13OS. The van der Waals surface area contributed by atoms with Gasteiger partial charge in [-0.3, -0.25) is 0 Å². The smallest absolute Gasteiger partial charge is 0.0592 e. The molecule has 0 N–H and O–H groups in total. The molecule has 0 aliphatic carbocycles. The molecule has 0 heterocycles. The zero-order valence-electron chi connectivity index (χ0n) is 5.23. The maximum Gasteiger partial charge on any atom is 0.0592 e. The average molecular weight is 121 g/mol. The molecular weight excluding hydrogens is 108 g/mol. The third-order valence-corrected chi connectivity index (χ3v) is 1.31. The molecule has 1 radical (unpaired) electrons. The van der Waals surface area contributed by atoms with E-state index in [1.54, 1.807) is 0 Å². The summed E-state index contributed by atoms with van der Waals surface area (Å²) in [4.78, 5) is 0. The third-order valence-electron chi connectivity index (χ3n) is 0.437. The molecule has 0 aliphatic heterocycles. The molecule has 0 saturated heterocycles. The Morgan fingerprint density at radius 1 is 1.43 bits per heavy atom. The van der Waals surface area contributed by atoms with E-state index in [1.807, 2.05) is 0 Å². The molecule has 0 atom stereocenters. The van der Waals surface area contributed by atoms with Crippen LogP contribution in [0.5, 0.6) is 0 Å². The highest BCUT2D eigenvalue weighted by atomic mass is 32.3. The van der Waals surface area contributed by atoms with Crippen LogP contribution in [0.2, 0.25) is 0 Å². The van der Waals surface area contributed by atoms with E-state index < -0.39 is 10.3 Å². The molecule has 0 rings (SSSR count). The summed E-state index contributed by atoms with van der Waals surface area (Å²) in [6.45, 7) is 4.17. The number of rotatable bonds is 2. The first-order chi connectivity index (χ1) is 3.06. The Bertz CT molecular complexity index is 46.5. The van der Waals surface area contributed by atoms with E-state index in [1.165, 1.54) is 0 Å². The minimum absolute atomic E-state index is 0.596. The number of hydrogen-bond acceptors (Lipinski definition) is 1. The predicted octanol–water partition coefficient (Wildman–Crippen LogP) is 1.45. The number of hydrogen-bond donors (Lipinski definition) is 0. The van der Waals surface area contributed by atoms with Gasteiger partial charge in [-0.1, -0.05) is 0 Å². The van der Waals surface area contributed by atoms with Gasteiger partial charge in [0, 0.05) is 0 Å². The summed E-state index contributed by atoms with van der Waals surface area (Å²) in [6, 6.07) is 0. The van der Waals surface area contributed by atoms with E-state index in [9.17, 15) is 0 Å². The fourth-order valence-electron chi connectivity index (χ4n) is 0.250. The van der Waals surface area contributed by atoms with E-state index >= 15 is 0 Å². The van der Waals surface area contributed by atoms with Crippen LogP contribution in [-0.4, -0.2) is 25.4 Å². The summed E-state index contributed by atoms with van der Waals surface area (Å²) >= 11 is 0. The van der Waals surface area contributed by atoms with Gasteiger partial charge >= 0.3 is 0 Å². The van der Waals surface area contributed by atoms with Gasteiger partial charge in [-0.15, -0.1) is 10.3 Å². The summed E-state index contributed by atoms with van der Waals surface area (Å²) in [5.41, 5.74) is 0. The molecule has 45 valence electrons. The van der Waals surface area contributed by atoms with Crippen LogP contribution in [0.3, 0.4) is 0 Å². The first kappa shape index (κ1) is 7.31. The highest BCUT2D eigenvalue weighted by Crippen LogP contribution is 2.34. The van der Waals surface area contributed by atoms with Crippen molar-refractivity contribution in [1.29, 1.82) is 0 Å². The van der Waals surface area contributed by atoms with E-state index in [2.05, 4.69) is 25.7 Å². The van der Waals surface area contributed by atoms with Gasteiger partial charge in [0.25, 0.3) is 0 Å². The minimum atomic E-state index is -0.737. The highest BCUT2D eigenvalue weighted by molar-refractivity contribution is 8.28. The molecule has 0 aliphatic rings. The quantitative estimate of drug-likeness (QED) is 0.537. The lowest BCUT2D eigenvalue weighted by Crippen LogP contribution is -1.96.